The van der Waals surface area contributed by atoms with Gasteiger partial charge in [-0.25, -0.2) is 9.48 Å². The molecule has 0 saturated carbocycles. The van der Waals surface area contributed by atoms with Crippen molar-refractivity contribution < 1.29 is 0 Å². The van der Waals surface area contributed by atoms with Crippen molar-refractivity contribution in [3.63, 3.8) is 0 Å². The van der Waals surface area contributed by atoms with E-state index < -0.39 is 0 Å². The standard InChI is InChI=1S/C15H25N5O/c1-12(2)13(16)7-9-18(3)10-11-20-15(21)19-8-5-4-6-14(19)17-20/h4-6,8,12-13H,7,9-11,16H2,1-3H3. The Balaban J connectivity index is 1.90. The lowest BCUT2D eigenvalue weighted by Gasteiger charge is -2.21. The van der Waals surface area contributed by atoms with Gasteiger partial charge in [-0.15, -0.1) is 5.10 Å². The zero-order valence-corrected chi connectivity index (χ0v) is 13.1. The molecule has 1 unspecified atom stereocenters. The molecule has 0 bridgehead atoms. The average Bonchev–Trinajstić information content (AvgIpc) is 2.79. The Kier molecular flexibility index (Phi) is 5.14. The lowest BCUT2D eigenvalue weighted by atomic mass is 10.0. The fraction of sp³-hybridized carbons (Fsp3) is 0.600. The van der Waals surface area contributed by atoms with Gasteiger partial charge in [-0.2, -0.15) is 0 Å². The van der Waals surface area contributed by atoms with Crippen LogP contribution in [0.3, 0.4) is 0 Å². The molecular formula is C15H25N5O. The van der Waals surface area contributed by atoms with Crippen LogP contribution in [-0.4, -0.2) is 45.3 Å². The minimum Gasteiger partial charge on any atom is -0.327 e. The molecule has 2 aromatic heterocycles. The number of aromatic nitrogens is 3. The Morgan fingerprint density at radius 1 is 1.33 bits per heavy atom. The van der Waals surface area contributed by atoms with Gasteiger partial charge in [0.05, 0.1) is 6.54 Å². The monoisotopic (exact) mass is 291 g/mol. The normalized spacial score (nSPS) is 13.4. The Bertz CT molecular complexity index is 630. The van der Waals surface area contributed by atoms with E-state index in [-0.39, 0.29) is 11.7 Å². The Morgan fingerprint density at radius 3 is 2.76 bits per heavy atom. The van der Waals surface area contributed by atoms with E-state index in [1.165, 1.54) is 4.68 Å². The summed E-state index contributed by atoms with van der Waals surface area (Å²) in [6.45, 7) is 6.59. The molecule has 0 fully saturated rings. The molecule has 116 valence electrons. The lowest BCUT2D eigenvalue weighted by molar-refractivity contribution is 0.286. The number of rotatable bonds is 7. The second kappa shape index (κ2) is 6.87. The summed E-state index contributed by atoms with van der Waals surface area (Å²) >= 11 is 0. The molecule has 2 rings (SSSR count). The van der Waals surface area contributed by atoms with Crippen molar-refractivity contribution in [1.29, 1.82) is 0 Å². The van der Waals surface area contributed by atoms with Crippen LogP contribution < -0.4 is 11.4 Å². The zero-order valence-electron chi connectivity index (χ0n) is 13.1. The van der Waals surface area contributed by atoms with E-state index in [4.69, 9.17) is 5.73 Å². The maximum absolute atomic E-state index is 12.1. The molecule has 0 radical (unpaired) electrons. The van der Waals surface area contributed by atoms with E-state index in [0.29, 0.717) is 18.1 Å². The van der Waals surface area contributed by atoms with Crippen molar-refractivity contribution in [1.82, 2.24) is 19.1 Å². The summed E-state index contributed by atoms with van der Waals surface area (Å²) in [7, 11) is 2.05. The fourth-order valence-corrected chi connectivity index (χ4v) is 2.19. The van der Waals surface area contributed by atoms with Crippen molar-refractivity contribution in [2.45, 2.75) is 32.9 Å². The molecule has 21 heavy (non-hydrogen) atoms. The minimum absolute atomic E-state index is 0.0853. The first kappa shape index (κ1) is 15.7. The second-order valence-corrected chi connectivity index (χ2v) is 5.93. The summed E-state index contributed by atoms with van der Waals surface area (Å²) in [5, 5.41) is 4.32. The summed E-state index contributed by atoms with van der Waals surface area (Å²) in [5.74, 6) is 0.499. The van der Waals surface area contributed by atoms with Crippen molar-refractivity contribution in [3.8, 4) is 0 Å². The van der Waals surface area contributed by atoms with Crippen LogP contribution in [0.2, 0.25) is 0 Å². The molecule has 0 spiro atoms. The summed E-state index contributed by atoms with van der Waals surface area (Å²) in [5.41, 5.74) is 6.65. The van der Waals surface area contributed by atoms with Crippen molar-refractivity contribution >= 4 is 5.65 Å². The van der Waals surface area contributed by atoms with E-state index in [1.807, 2.05) is 25.2 Å². The van der Waals surface area contributed by atoms with E-state index in [9.17, 15) is 4.79 Å². The van der Waals surface area contributed by atoms with E-state index in [2.05, 4.69) is 23.8 Å². The molecular weight excluding hydrogens is 266 g/mol. The number of hydrogen-bond donors (Lipinski definition) is 1. The summed E-state index contributed by atoms with van der Waals surface area (Å²) < 4.78 is 3.09. The molecule has 0 aliphatic heterocycles. The third kappa shape index (κ3) is 3.92. The molecule has 6 heteroatoms. The van der Waals surface area contributed by atoms with Crippen LogP contribution in [0.1, 0.15) is 20.3 Å². The first-order chi connectivity index (χ1) is 9.99. The van der Waals surface area contributed by atoms with Gasteiger partial charge >= 0.3 is 5.69 Å². The van der Waals surface area contributed by atoms with E-state index >= 15 is 0 Å². The number of likely N-dealkylation sites (N-methyl/N-ethyl adjacent to an activating group) is 1. The van der Waals surface area contributed by atoms with Gasteiger partial charge in [-0.05, 0) is 38.1 Å². The quantitative estimate of drug-likeness (QED) is 0.819. The highest BCUT2D eigenvalue weighted by atomic mass is 16.2. The third-order valence-electron chi connectivity index (χ3n) is 3.88. The van der Waals surface area contributed by atoms with Gasteiger partial charge in [-0.3, -0.25) is 4.40 Å². The predicted molar refractivity (Wildman–Crippen MR) is 84.4 cm³/mol. The van der Waals surface area contributed by atoms with Gasteiger partial charge in [0.25, 0.3) is 0 Å². The maximum atomic E-state index is 12.1. The fourth-order valence-electron chi connectivity index (χ4n) is 2.19. The van der Waals surface area contributed by atoms with Crippen LogP contribution in [0.15, 0.2) is 29.2 Å². The molecule has 2 N–H and O–H groups in total. The van der Waals surface area contributed by atoms with Crippen molar-refractivity contribution in [2.24, 2.45) is 11.7 Å². The molecule has 0 amide bonds. The van der Waals surface area contributed by atoms with Crippen LogP contribution in [0.5, 0.6) is 0 Å². The third-order valence-corrected chi connectivity index (χ3v) is 3.88. The molecule has 0 aliphatic rings. The maximum Gasteiger partial charge on any atom is 0.350 e. The van der Waals surface area contributed by atoms with Crippen molar-refractivity contribution in [2.75, 3.05) is 20.1 Å². The number of nitrogens with two attached hydrogens (primary N) is 1. The SMILES string of the molecule is CC(C)C(N)CCN(C)CCn1nc2ccccn2c1=O. The Morgan fingerprint density at radius 2 is 2.10 bits per heavy atom. The van der Waals surface area contributed by atoms with Crippen LogP contribution >= 0.6 is 0 Å². The van der Waals surface area contributed by atoms with Gasteiger partial charge in [0.1, 0.15) is 0 Å². The molecule has 2 aromatic rings. The number of pyridine rings is 1. The van der Waals surface area contributed by atoms with E-state index in [0.717, 1.165) is 19.5 Å². The zero-order chi connectivity index (χ0) is 15.4. The molecule has 0 aromatic carbocycles. The first-order valence-corrected chi connectivity index (χ1v) is 7.47. The molecule has 6 nitrogen and oxygen atoms in total. The lowest BCUT2D eigenvalue weighted by Crippen LogP contribution is -2.34. The van der Waals surface area contributed by atoms with Crippen LogP contribution in [0.4, 0.5) is 0 Å². The number of nitrogens with zero attached hydrogens (tertiary/aromatic N) is 4. The molecule has 1 atom stereocenters. The highest BCUT2D eigenvalue weighted by Crippen LogP contribution is 2.03. The second-order valence-electron chi connectivity index (χ2n) is 5.93. The Labute approximate surface area is 125 Å². The molecule has 2 heterocycles. The first-order valence-electron chi connectivity index (χ1n) is 7.47. The average molecular weight is 291 g/mol. The Hall–Kier alpha value is -1.66. The highest BCUT2D eigenvalue weighted by Gasteiger charge is 2.10. The minimum atomic E-state index is -0.0853. The summed E-state index contributed by atoms with van der Waals surface area (Å²) in [6, 6.07) is 5.78. The van der Waals surface area contributed by atoms with Gasteiger partial charge in [0.15, 0.2) is 5.65 Å². The smallest absolute Gasteiger partial charge is 0.327 e. The molecule has 0 aliphatic carbocycles. The topological polar surface area (TPSA) is 68.6 Å². The molecule has 0 saturated heterocycles. The number of fused-ring (bicyclic) bond motifs is 1. The van der Waals surface area contributed by atoms with Gasteiger partial charge in [0, 0.05) is 18.8 Å². The van der Waals surface area contributed by atoms with Crippen LogP contribution in [-0.2, 0) is 6.54 Å². The van der Waals surface area contributed by atoms with Gasteiger partial charge < -0.3 is 10.6 Å². The van der Waals surface area contributed by atoms with Crippen molar-refractivity contribution in [3.05, 3.63) is 34.9 Å². The summed E-state index contributed by atoms with van der Waals surface area (Å²) in [6.07, 6.45) is 2.71. The number of hydrogen-bond acceptors (Lipinski definition) is 4. The van der Waals surface area contributed by atoms with Gasteiger partial charge in [0.2, 0.25) is 0 Å². The van der Waals surface area contributed by atoms with Crippen LogP contribution in [0, 0.1) is 5.92 Å². The van der Waals surface area contributed by atoms with Gasteiger partial charge in [-0.1, -0.05) is 19.9 Å². The van der Waals surface area contributed by atoms with Crippen LogP contribution in [0.25, 0.3) is 5.65 Å². The van der Waals surface area contributed by atoms with E-state index in [1.54, 1.807) is 10.6 Å². The summed E-state index contributed by atoms with van der Waals surface area (Å²) in [4.78, 5) is 14.3. The highest BCUT2D eigenvalue weighted by molar-refractivity contribution is 5.35. The predicted octanol–water partition coefficient (Wildman–Crippen LogP) is 0.801. The largest absolute Gasteiger partial charge is 0.350 e.